The van der Waals surface area contributed by atoms with Crippen LogP contribution in [0.25, 0.3) is 5.65 Å². The fourth-order valence-corrected chi connectivity index (χ4v) is 3.93. The van der Waals surface area contributed by atoms with Crippen molar-refractivity contribution in [3.8, 4) is 0 Å². The van der Waals surface area contributed by atoms with E-state index in [1.165, 1.54) is 12.8 Å². The van der Waals surface area contributed by atoms with E-state index in [-0.39, 0.29) is 5.91 Å². The summed E-state index contributed by atoms with van der Waals surface area (Å²) in [5.74, 6) is -0.194. The number of fused-ring (bicyclic) bond motifs is 1. The molecule has 130 valence electrons. The highest BCUT2D eigenvalue weighted by Crippen LogP contribution is 2.24. The van der Waals surface area contributed by atoms with Crippen LogP contribution in [0.4, 0.5) is 5.13 Å². The topological polar surface area (TPSA) is 75.4 Å². The Morgan fingerprint density at radius 3 is 2.84 bits per heavy atom. The molecule has 0 saturated carbocycles. The Morgan fingerprint density at radius 2 is 2.04 bits per heavy atom. The number of anilines is 1. The average molecular weight is 356 g/mol. The van der Waals surface area contributed by atoms with Gasteiger partial charge >= 0.3 is 0 Å². The van der Waals surface area contributed by atoms with Gasteiger partial charge in [0.25, 0.3) is 5.91 Å². The number of carbonyl (C=O) groups is 1. The summed E-state index contributed by atoms with van der Waals surface area (Å²) in [4.78, 5) is 23.8. The Hall–Kier alpha value is -2.48. The highest BCUT2D eigenvalue weighted by Gasteiger charge is 2.16. The van der Waals surface area contributed by atoms with Crippen LogP contribution in [-0.2, 0) is 6.54 Å². The number of aryl methyl sites for hydroxylation is 2. The lowest BCUT2D eigenvalue weighted by Crippen LogP contribution is -2.24. The van der Waals surface area contributed by atoms with Gasteiger partial charge in [0.1, 0.15) is 5.69 Å². The molecule has 0 atom stereocenters. The summed E-state index contributed by atoms with van der Waals surface area (Å²) in [6, 6.07) is 3.62. The molecular formula is C17H20N6OS. The summed E-state index contributed by atoms with van der Waals surface area (Å²) >= 11 is 1.64. The van der Waals surface area contributed by atoms with Crippen LogP contribution in [0.15, 0.2) is 17.5 Å². The first-order valence-electron chi connectivity index (χ1n) is 8.42. The van der Waals surface area contributed by atoms with Crippen molar-refractivity contribution in [2.45, 2.75) is 33.2 Å². The standard InChI is InChI=1S/C17H20N6OS/c1-11-7-15-20-14(8-12(2)23(15)21-11)16(24)18-9-13-10-25-17(19-13)22-5-3-4-6-22/h7-8,10H,3-6,9H2,1-2H3,(H,18,24). The number of hydrogen-bond acceptors (Lipinski definition) is 6. The van der Waals surface area contributed by atoms with Gasteiger partial charge in [0.05, 0.1) is 17.9 Å². The van der Waals surface area contributed by atoms with Gasteiger partial charge < -0.3 is 10.2 Å². The third kappa shape index (κ3) is 3.21. The summed E-state index contributed by atoms with van der Waals surface area (Å²) in [7, 11) is 0. The number of thiazole rings is 1. The van der Waals surface area contributed by atoms with Gasteiger partial charge in [-0.2, -0.15) is 5.10 Å². The fourth-order valence-electron chi connectivity index (χ4n) is 3.05. The molecule has 1 aliphatic rings. The molecule has 1 amide bonds. The number of nitrogens with one attached hydrogen (secondary N) is 1. The molecule has 1 fully saturated rings. The molecule has 1 aliphatic heterocycles. The maximum absolute atomic E-state index is 12.4. The third-order valence-corrected chi connectivity index (χ3v) is 5.26. The zero-order chi connectivity index (χ0) is 17.4. The molecule has 0 aliphatic carbocycles. The monoisotopic (exact) mass is 356 g/mol. The quantitative estimate of drug-likeness (QED) is 0.776. The summed E-state index contributed by atoms with van der Waals surface area (Å²) in [5, 5.41) is 10.3. The van der Waals surface area contributed by atoms with Gasteiger partial charge in [-0.05, 0) is 32.8 Å². The van der Waals surface area contributed by atoms with Crippen molar-refractivity contribution in [2.75, 3.05) is 18.0 Å². The smallest absolute Gasteiger partial charge is 0.270 e. The van der Waals surface area contributed by atoms with Crippen LogP contribution in [0.2, 0.25) is 0 Å². The second-order valence-electron chi connectivity index (χ2n) is 6.34. The lowest BCUT2D eigenvalue weighted by Gasteiger charge is -2.12. The Bertz CT molecular complexity index is 925. The van der Waals surface area contributed by atoms with Crippen molar-refractivity contribution in [3.05, 3.63) is 40.3 Å². The third-order valence-electron chi connectivity index (χ3n) is 4.31. The largest absolute Gasteiger partial charge is 0.348 e. The van der Waals surface area contributed by atoms with E-state index < -0.39 is 0 Å². The molecule has 3 aromatic rings. The number of nitrogens with zero attached hydrogens (tertiary/aromatic N) is 5. The lowest BCUT2D eigenvalue weighted by molar-refractivity contribution is 0.0945. The lowest BCUT2D eigenvalue weighted by atomic mass is 10.3. The van der Waals surface area contributed by atoms with E-state index in [9.17, 15) is 4.79 Å². The molecule has 4 rings (SSSR count). The van der Waals surface area contributed by atoms with Gasteiger partial charge in [0, 0.05) is 30.2 Å². The number of amides is 1. The van der Waals surface area contributed by atoms with Crippen LogP contribution in [0.3, 0.4) is 0 Å². The minimum Gasteiger partial charge on any atom is -0.348 e. The van der Waals surface area contributed by atoms with Crippen LogP contribution in [0, 0.1) is 13.8 Å². The van der Waals surface area contributed by atoms with E-state index in [1.807, 2.05) is 25.3 Å². The number of hydrogen-bond donors (Lipinski definition) is 1. The minimum absolute atomic E-state index is 0.194. The molecule has 0 aromatic carbocycles. The molecule has 0 bridgehead atoms. The Morgan fingerprint density at radius 1 is 1.24 bits per heavy atom. The SMILES string of the molecule is Cc1cc2nc(C(=O)NCc3csc(N4CCCC4)n3)cc(C)n2n1. The summed E-state index contributed by atoms with van der Waals surface area (Å²) in [5.41, 5.74) is 3.74. The Kier molecular flexibility index (Phi) is 4.12. The minimum atomic E-state index is -0.194. The molecule has 0 unspecified atom stereocenters. The molecule has 0 radical (unpaired) electrons. The van der Waals surface area contributed by atoms with E-state index >= 15 is 0 Å². The van der Waals surface area contributed by atoms with Crippen LogP contribution in [-0.4, -0.2) is 38.6 Å². The molecule has 0 spiro atoms. The molecule has 8 heteroatoms. The molecule has 25 heavy (non-hydrogen) atoms. The van der Waals surface area contributed by atoms with Crippen molar-refractivity contribution < 1.29 is 4.79 Å². The van der Waals surface area contributed by atoms with Crippen molar-refractivity contribution >= 4 is 28.0 Å². The van der Waals surface area contributed by atoms with Crippen LogP contribution >= 0.6 is 11.3 Å². The van der Waals surface area contributed by atoms with E-state index in [0.717, 1.165) is 35.3 Å². The number of aromatic nitrogens is 4. The summed E-state index contributed by atoms with van der Waals surface area (Å²) in [6.07, 6.45) is 2.46. The van der Waals surface area contributed by atoms with Crippen molar-refractivity contribution in [1.82, 2.24) is 24.9 Å². The van der Waals surface area contributed by atoms with Crippen LogP contribution in [0.5, 0.6) is 0 Å². The predicted molar refractivity (Wildman–Crippen MR) is 97.2 cm³/mol. The predicted octanol–water partition coefficient (Wildman–Crippen LogP) is 2.33. The van der Waals surface area contributed by atoms with E-state index in [1.54, 1.807) is 21.9 Å². The molecule has 4 heterocycles. The second-order valence-corrected chi connectivity index (χ2v) is 7.17. The number of carbonyl (C=O) groups excluding carboxylic acids is 1. The van der Waals surface area contributed by atoms with Crippen molar-refractivity contribution in [3.63, 3.8) is 0 Å². The van der Waals surface area contributed by atoms with Crippen LogP contribution in [0.1, 0.15) is 40.4 Å². The van der Waals surface area contributed by atoms with Gasteiger partial charge in [0.2, 0.25) is 0 Å². The van der Waals surface area contributed by atoms with Gasteiger partial charge in [-0.15, -0.1) is 11.3 Å². The first-order chi connectivity index (χ1) is 12.1. The second kappa shape index (κ2) is 6.44. The number of rotatable bonds is 4. The average Bonchev–Trinajstić information content (AvgIpc) is 3.31. The van der Waals surface area contributed by atoms with Crippen LogP contribution < -0.4 is 10.2 Å². The molecular weight excluding hydrogens is 336 g/mol. The molecule has 7 nitrogen and oxygen atoms in total. The summed E-state index contributed by atoms with van der Waals surface area (Å²) < 4.78 is 1.74. The summed E-state index contributed by atoms with van der Waals surface area (Å²) in [6.45, 7) is 6.39. The highest BCUT2D eigenvalue weighted by molar-refractivity contribution is 7.13. The Balaban J connectivity index is 1.45. The van der Waals surface area contributed by atoms with E-state index in [2.05, 4.69) is 25.3 Å². The highest BCUT2D eigenvalue weighted by atomic mass is 32.1. The normalized spacial score (nSPS) is 14.4. The maximum Gasteiger partial charge on any atom is 0.270 e. The zero-order valence-electron chi connectivity index (χ0n) is 14.3. The first kappa shape index (κ1) is 16.0. The maximum atomic E-state index is 12.4. The first-order valence-corrected chi connectivity index (χ1v) is 9.30. The van der Waals surface area contributed by atoms with E-state index in [0.29, 0.717) is 17.9 Å². The van der Waals surface area contributed by atoms with Crippen molar-refractivity contribution in [1.29, 1.82) is 0 Å². The fraction of sp³-hybridized carbons (Fsp3) is 0.412. The van der Waals surface area contributed by atoms with Gasteiger partial charge in [0.15, 0.2) is 10.8 Å². The molecule has 1 saturated heterocycles. The van der Waals surface area contributed by atoms with Gasteiger partial charge in [-0.1, -0.05) is 0 Å². The molecule has 3 aromatic heterocycles. The zero-order valence-corrected chi connectivity index (χ0v) is 15.1. The van der Waals surface area contributed by atoms with Gasteiger partial charge in [-0.3, -0.25) is 4.79 Å². The van der Waals surface area contributed by atoms with Crippen molar-refractivity contribution in [2.24, 2.45) is 0 Å². The molecule has 1 N–H and O–H groups in total. The Labute approximate surface area is 149 Å². The van der Waals surface area contributed by atoms with Gasteiger partial charge in [-0.25, -0.2) is 14.5 Å². The van der Waals surface area contributed by atoms with E-state index in [4.69, 9.17) is 0 Å².